The molecule has 0 aliphatic carbocycles. The molecule has 3 aromatic rings. The number of para-hydroxylation sites is 2. The van der Waals surface area contributed by atoms with Crippen molar-refractivity contribution in [2.75, 3.05) is 0 Å². The van der Waals surface area contributed by atoms with Gasteiger partial charge in [0.2, 0.25) is 5.75 Å². The molecule has 0 fully saturated rings. The smallest absolute Gasteiger partial charge is 0.379 e. The lowest BCUT2D eigenvalue weighted by Gasteiger charge is -2.04. The van der Waals surface area contributed by atoms with Crippen LogP contribution in [0.25, 0.3) is 11.0 Å². The molecule has 2 aromatic carbocycles. The second kappa shape index (κ2) is 4.37. The fourth-order valence-corrected chi connectivity index (χ4v) is 1.73. The van der Waals surface area contributed by atoms with Gasteiger partial charge in [-0.15, -0.1) is 0 Å². The van der Waals surface area contributed by atoms with Crippen LogP contribution in [0, 0.1) is 0 Å². The molecular weight excluding hydrogens is 228 g/mol. The number of ether oxygens (including phenoxy) is 1. The summed E-state index contributed by atoms with van der Waals surface area (Å²) >= 11 is 0. The van der Waals surface area contributed by atoms with Crippen molar-refractivity contribution >= 4 is 11.0 Å². The average Bonchev–Trinajstić information content (AvgIpc) is 2.41. The lowest BCUT2D eigenvalue weighted by atomic mass is 10.2. The van der Waals surface area contributed by atoms with Crippen LogP contribution in [0.2, 0.25) is 0 Å². The molecule has 0 saturated carbocycles. The third kappa shape index (κ3) is 1.98. The maximum Gasteiger partial charge on any atom is 0.379 e. The van der Waals surface area contributed by atoms with Gasteiger partial charge in [0.05, 0.1) is 0 Å². The van der Waals surface area contributed by atoms with Crippen molar-refractivity contribution in [1.29, 1.82) is 0 Å². The minimum absolute atomic E-state index is 0.194. The monoisotopic (exact) mass is 238 g/mol. The molecule has 3 nitrogen and oxygen atoms in total. The summed E-state index contributed by atoms with van der Waals surface area (Å²) in [5, 5.41) is 0.836. The minimum Gasteiger partial charge on any atom is -0.450 e. The third-order valence-corrected chi connectivity index (χ3v) is 2.58. The molecule has 0 unspecified atom stereocenters. The number of benzene rings is 2. The molecule has 0 saturated heterocycles. The maximum absolute atomic E-state index is 11.7. The second-order valence-corrected chi connectivity index (χ2v) is 3.85. The highest BCUT2D eigenvalue weighted by Gasteiger charge is 2.06. The zero-order valence-electron chi connectivity index (χ0n) is 9.50. The lowest BCUT2D eigenvalue weighted by molar-refractivity contribution is 0.437. The predicted molar refractivity (Wildman–Crippen MR) is 69.0 cm³/mol. The Balaban J connectivity index is 2.07. The third-order valence-electron chi connectivity index (χ3n) is 2.58. The molecule has 0 amide bonds. The molecule has 0 atom stereocenters. The van der Waals surface area contributed by atoms with Crippen LogP contribution >= 0.6 is 0 Å². The van der Waals surface area contributed by atoms with Crippen LogP contribution in [0.1, 0.15) is 0 Å². The zero-order valence-corrected chi connectivity index (χ0v) is 9.50. The average molecular weight is 238 g/mol. The number of fused-ring (bicyclic) bond motifs is 1. The summed E-state index contributed by atoms with van der Waals surface area (Å²) in [5.74, 6) is 0.806. The van der Waals surface area contributed by atoms with Crippen molar-refractivity contribution < 1.29 is 9.15 Å². The van der Waals surface area contributed by atoms with E-state index in [0.717, 1.165) is 5.39 Å². The van der Waals surface area contributed by atoms with E-state index in [2.05, 4.69) is 0 Å². The van der Waals surface area contributed by atoms with Gasteiger partial charge in [-0.25, -0.2) is 4.79 Å². The molecule has 0 aliphatic heterocycles. The van der Waals surface area contributed by atoms with Gasteiger partial charge < -0.3 is 9.15 Å². The first-order valence-corrected chi connectivity index (χ1v) is 5.59. The molecule has 0 spiro atoms. The molecule has 0 aliphatic rings. The van der Waals surface area contributed by atoms with Gasteiger partial charge in [-0.05, 0) is 24.3 Å². The Hall–Kier alpha value is -2.55. The Labute approximate surface area is 103 Å². The first-order valence-electron chi connectivity index (χ1n) is 5.59. The molecule has 0 radical (unpaired) electrons. The number of hydrogen-bond acceptors (Lipinski definition) is 3. The van der Waals surface area contributed by atoms with E-state index in [1.807, 2.05) is 36.4 Å². The summed E-state index contributed by atoms with van der Waals surface area (Å²) in [4.78, 5) is 11.7. The summed E-state index contributed by atoms with van der Waals surface area (Å²) in [6.07, 6.45) is 0. The molecular formula is C15H10O3. The molecule has 1 heterocycles. The summed E-state index contributed by atoms with van der Waals surface area (Å²) < 4.78 is 10.7. The molecule has 0 N–H and O–H groups in total. The Morgan fingerprint density at radius 1 is 0.889 bits per heavy atom. The maximum atomic E-state index is 11.7. The van der Waals surface area contributed by atoms with Crippen LogP contribution in [-0.4, -0.2) is 0 Å². The summed E-state index contributed by atoms with van der Waals surface area (Å²) in [7, 11) is 0. The van der Waals surface area contributed by atoms with E-state index < -0.39 is 5.63 Å². The van der Waals surface area contributed by atoms with Gasteiger partial charge in [-0.2, -0.15) is 0 Å². The largest absolute Gasteiger partial charge is 0.450 e. The van der Waals surface area contributed by atoms with E-state index >= 15 is 0 Å². The van der Waals surface area contributed by atoms with Crippen LogP contribution in [-0.2, 0) is 0 Å². The van der Waals surface area contributed by atoms with Crippen molar-refractivity contribution in [2.45, 2.75) is 0 Å². The molecule has 88 valence electrons. The van der Waals surface area contributed by atoms with Gasteiger partial charge in [0.25, 0.3) is 0 Å². The van der Waals surface area contributed by atoms with Crippen LogP contribution in [0.15, 0.2) is 69.9 Å². The van der Waals surface area contributed by atoms with Crippen LogP contribution in [0.4, 0.5) is 0 Å². The lowest BCUT2D eigenvalue weighted by Crippen LogP contribution is -2.02. The Bertz CT molecular complexity index is 729. The van der Waals surface area contributed by atoms with E-state index in [9.17, 15) is 4.79 Å². The summed E-state index contributed by atoms with van der Waals surface area (Å²) in [6.45, 7) is 0. The van der Waals surface area contributed by atoms with E-state index in [0.29, 0.717) is 11.3 Å². The topological polar surface area (TPSA) is 39.4 Å². The van der Waals surface area contributed by atoms with E-state index in [-0.39, 0.29) is 5.75 Å². The van der Waals surface area contributed by atoms with Crippen molar-refractivity contribution in [1.82, 2.24) is 0 Å². The van der Waals surface area contributed by atoms with Crippen molar-refractivity contribution in [3.63, 3.8) is 0 Å². The van der Waals surface area contributed by atoms with Gasteiger partial charge in [-0.3, -0.25) is 0 Å². The normalized spacial score (nSPS) is 10.4. The fraction of sp³-hybridized carbons (Fsp3) is 0. The standard InChI is InChI=1S/C15H10O3/c16-15-14(17-12-7-2-1-3-8-12)10-11-6-4-5-9-13(11)18-15/h1-10H. The van der Waals surface area contributed by atoms with Gasteiger partial charge in [0, 0.05) is 5.39 Å². The SMILES string of the molecule is O=c1oc2ccccc2cc1Oc1ccccc1. The fourth-order valence-electron chi connectivity index (χ4n) is 1.73. The highest BCUT2D eigenvalue weighted by Crippen LogP contribution is 2.21. The van der Waals surface area contributed by atoms with Crippen molar-refractivity contribution in [3.05, 3.63) is 71.1 Å². The quantitative estimate of drug-likeness (QED) is 0.640. The second-order valence-electron chi connectivity index (χ2n) is 3.85. The number of rotatable bonds is 2. The van der Waals surface area contributed by atoms with Crippen LogP contribution < -0.4 is 10.4 Å². The highest BCUT2D eigenvalue weighted by atomic mass is 16.5. The molecule has 3 heteroatoms. The van der Waals surface area contributed by atoms with Crippen LogP contribution in [0.5, 0.6) is 11.5 Å². The van der Waals surface area contributed by atoms with Gasteiger partial charge in [-0.1, -0.05) is 36.4 Å². The number of hydrogen-bond donors (Lipinski definition) is 0. The summed E-state index contributed by atoms with van der Waals surface area (Å²) in [6, 6.07) is 18.2. The summed E-state index contributed by atoms with van der Waals surface area (Å²) in [5.41, 5.74) is 0.0838. The van der Waals surface area contributed by atoms with Gasteiger partial charge >= 0.3 is 5.63 Å². The van der Waals surface area contributed by atoms with E-state index in [1.165, 1.54) is 0 Å². The Kier molecular flexibility index (Phi) is 2.57. The zero-order chi connectivity index (χ0) is 12.4. The molecule has 1 aromatic heterocycles. The Morgan fingerprint density at radius 3 is 2.44 bits per heavy atom. The highest BCUT2D eigenvalue weighted by molar-refractivity contribution is 5.77. The van der Waals surface area contributed by atoms with Crippen molar-refractivity contribution in [2.24, 2.45) is 0 Å². The Morgan fingerprint density at radius 2 is 1.61 bits per heavy atom. The van der Waals surface area contributed by atoms with Crippen molar-refractivity contribution in [3.8, 4) is 11.5 Å². The first-order chi connectivity index (χ1) is 8.83. The van der Waals surface area contributed by atoms with E-state index in [1.54, 1.807) is 24.3 Å². The molecule has 0 bridgehead atoms. The first kappa shape index (κ1) is 10.6. The molecule has 18 heavy (non-hydrogen) atoms. The van der Waals surface area contributed by atoms with Crippen LogP contribution in [0.3, 0.4) is 0 Å². The molecule has 3 rings (SSSR count). The van der Waals surface area contributed by atoms with E-state index in [4.69, 9.17) is 9.15 Å². The predicted octanol–water partition coefficient (Wildman–Crippen LogP) is 3.59. The van der Waals surface area contributed by atoms with Gasteiger partial charge in [0.15, 0.2) is 0 Å². The van der Waals surface area contributed by atoms with Gasteiger partial charge in [0.1, 0.15) is 11.3 Å². The minimum atomic E-state index is -0.474.